The van der Waals surface area contributed by atoms with Gasteiger partial charge in [0.1, 0.15) is 0 Å². The molecule has 16 heavy (non-hydrogen) atoms. The van der Waals surface area contributed by atoms with Gasteiger partial charge in [0, 0.05) is 17.5 Å². The first-order valence-corrected chi connectivity index (χ1v) is 5.17. The summed E-state index contributed by atoms with van der Waals surface area (Å²) < 4.78 is 13.4. The first-order valence-electron chi connectivity index (χ1n) is 5.17. The molecule has 0 bridgehead atoms. The van der Waals surface area contributed by atoms with Gasteiger partial charge in [-0.25, -0.2) is 0 Å². The van der Waals surface area contributed by atoms with Gasteiger partial charge in [0.2, 0.25) is 5.82 Å². The number of hydrogen-bond acceptors (Lipinski definition) is 3. The van der Waals surface area contributed by atoms with Crippen LogP contribution in [0.3, 0.4) is 0 Å². The van der Waals surface area contributed by atoms with Crippen molar-refractivity contribution in [2.45, 2.75) is 31.2 Å². The summed E-state index contributed by atoms with van der Waals surface area (Å²) in [4.78, 5) is 9.76. The highest BCUT2D eigenvalue weighted by atomic mass is 19.1. The van der Waals surface area contributed by atoms with Crippen molar-refractivity contribution in [1.82, 2.24) is 0 Å². The lowest BCUT2D eigenvalue weighted by molar-refractivity contribution is -0.387. The first kappa shape index (κ1) is 11.0. The molecule has 1 aliphatic carbocycles. The molecule has 1 saturated carbocycles. The summed E-state index contributed by atoms with van der Waals surface area (Å²) in [6.45, 7) is 1.88. The Morgan fingerprint density at radius 1 is 1.56 bits per heavy atom. The van der Waals surface area contributed by atoms with Crippen molar-refractivity contribution in [2.24, 2.45) is 5.73 Å². The summed E-state index contributed by atoms with van der Waals surface area (Å²) in [6.07, 6.45) is 1.84. The number of nitrogens with zero attached hydrogens (tertiary/aromatic N) is 1. The molecule has 1 aromatic carbocycles. The number of hydrogen-bond donors (Lipinski definition) is 1. The third kappa shape index (κ3) is 1.57. The minimum absolute atomic E-state index is 0.0617. The van der Waals surface area contributed by atoms with Gasteiger partial charge in [0.15, 0.2) is 0 Å². The molecule has 2 rings (SSSR count). The molecule has 1 unspecified atom stereocenters. The van der Waals surface area contributed by atoms with Gasteiger partial charge in [0.25, 0.3) is 0 Å². The van der Waals surface area contributed by atoms with Crippen LogP contribution in [0.15, 0.2) is 18.2 Å². The SMILES string of the molecule is CC(N)C1(c2ccc([N+](=O)[O-])c(F)c2)CC1. The van der Waals surface area contributed by atoms with Crippen LogP contribution in [0, 0.1) is 15.9 Å². The molecule has 5 heteroatoms. The van der Waals surface area contributed by atoms with Crippen molar-refractivity contribution >= 4 is 5.69 Å². The lowest BCUT2D eigenvalue weighted by atomic mass is 9.89. The second-order valence-electron chi connectivity index (χ2n) is 4.37. The van der Waals surface area contributed by atoms with E-state index in [9.17, 15) is 14.5 Å². The van der Waals surface area contributed by atoms with Crippen molar-refractivity contribution in [3.63, 3.8) is 0 Å². The molecule has 86 valence electrons. The number of nitrogens with two attached hydrogens (primary N) is 1. The highest BCUT2D eigenvalue weighted by molar-refractivity contribution is 5.41. The van der Waals surface area contributed by atoms with Gasteiger partial charge in [-0.15, -0.1) is 0 Å². The van der Waals surface area contributed by atoms with Crippen molar-refractivity contribution < 1.29 is 9.31 Å². The van der Waals surface area contributed by atoms with Gasteiger partial charge in [-0.3, -0.25) is 10.1 Å². The molecule has 0 amide bonds. The number of halogens is 1. The Bertz CT molecular complexity index is 442. The summed E-state index contributed by atoms with van der Waals surface area (Å²) in [5.41, 5.74) is 5.97. The number of benzene rings is 1. The fraction of sp³-hybridized carbons (Fsp3) is 0.455. The average Bonchev–Trinajstić information content (AvgIpc) is 2.97. The first-order chi connectivity index (χ1) is 7.47. The predicted octanol–water partition coefficient (Wildman–Crippen LogP) is 2.11. The van der Waals surface area contributed by atoms with Crippen molar-refractivity contribution in [3.8, 4) is 0 Å². The van der Waals surface area contributed by atoms with Gasteiger partial charge in [-0.1, -0.05) is 6.07 Å². The zero-order chi connectivity index (χ0) is 11.9. The minimum Gasteiger partial charge on any atom is -0.327 e. The van der Waals surface area contributed by atoms with E-state index in [1.807, 2.05) is 6.92 Å². The maximum absolute atomic E-state index is 13.4. The fourth-order valence-corrected chi connectivity index (χ4v) is 2.11. The van der Waals surface area contributed by atoms with E-state index in [-0.39, 0.29) is 11.5 Å². The number of nitro groups is 1. The molecule has 1 atom stereocenters. The molecular formula is C11H13FN2O2. The topological polar surface area (TPSA) is 69.2 Å². The normalized spacial score (nSPS) is 19.2. The van der Waals surface area contributed by atoms with Crippen LogP contribution in [0.1, 0.15) is 25.3 Å². The smallest absolute Gasteiger partial charge is 0.304 e. The molecule has 0 saturated heterocycles. The quantitative estimate of drug-likeness (QED) is 0.631. The molecular weight excluding hydrogens is 211 g/mol. The van der Waals surface area contributed by atoms with E-state index in [1.54, 1.807) is 6.07 Å². The van der Waals surface area contributed by atoms with E-state index >= 15 is 0 Å². The van der Waals surface area contributed by atoms with E-state index in [4.69, 9.17) is 5.73 Å². The van der Waals surface area contributed by atoms with Crippen LogP contribution in [0.5, 0.6) is 0 Å². The molecule has 0 heterocycles. The average molecular weight is 224 g/mol. The Morgan fingerprint density at radius 3 is 2.56 bits per heavy atom. The Hall–Kier alpha value is -1.49. The van der Waals surface area contributed by atoms with E-state index in [0.29, 0.717) is 0 Å². The van der Waals surface area contributed by atoms with Crippen molar-refractivity contribution in [2.75, 3.05) is 0 Å². The molecule has 4 nitrogen and oxygen atoms in total. The monoisotopic (exact) mass is 224 g/mol. The number of nitro benzene ring substituents is 1. The lowest BCUT2D eigenvalue weighted by Crippen LogP contribution is -2.31. The summed E-state index contributed by atoms with van der Waals surface area (Å²) in [7, 11) is 0. The van der Waals surface area contributed by atoms with Gasteiger partial charge in [-0.2, -0.15) is 4.39 Å². The Morgan fingerprint density at radius 2 is 2.19 bits per heavy atom. The van der Waals surface area contributed by atoms with E-state index in [1.165, 1.54) is 12.1 Å². The fourth-order valence-electron chi connectivity index (χ4n) is 2.11. The van der Waals surface area contributed by atoms with E-state index in [0.717, 1.165) is 18.4 Å². The van der Waals surface area contributed by atoms with Crippen LogP contribution in [0.25, 0.3) is 0 Å². The lowest BCUT2D eigenvalue weighted by Gasteiger charge is -2.19. The molecule has 1 aromatic rings. The molecule has 1 aliphatic rings. The van der Waals surface area contributed by atoms with Gasteiger partial charge in [0.05, 0.1) is 4.92 Å². The predicted molar refractivity (Wildman–Crippen MR) is 57.6 cm³/mol. The largest absolute Gasteiger partial charge is 0.327 e. The van der Waals surface area contributed by atoms with E-state index < -0.39 is 16.4 Å². The Labute approximate surface area is 92.4 Å². The molecule has 0 spiro atoms. The molecule has 0 radical (unpaired) electrons. The van der Waals surface area contributed by atoms with Crippen LogP contribution in [0.4, 0.5) is 10.1 Å². The van der Waals surface area contributed by atoms with Crippen LogP contribution >= 0.6 is 0 Å². The zero-order valence-electron chi connectivity index (χ0n) is 8.94. The summed E-state index contributed by atoms with van der Waals surface area (Å²) in [5, 5.41) is 10.5. The molecule has 0 aromatic heterocycles. The maximum atomic E-state index is 13.4. The maximum Gasteiger partial charge on any atom is 0.304 e. The summed E-state index contributed by atoms with van der Waals surface area (Å²) in [5.74, 6) is -0.783. The van der Waals surface area contributed by atoms with Crippen LogP contribution in [-0.2, 0) is 5.41 Å². The number of rotatable bonds is 3. The van der Waals surface area contributed by atoms with Crippen LogP contribution in [0.2, 0.25) is 0 Å². The van der Waals surface area contributed by atoms with Crippen LogP contribution in [-0.4, -0.2) is 11.0 Å². The summed E-state index contributed by atoms with van der Waals surface area (Å²) >= 11 is 0. The molecule has 0 aliphatic heterocycles. The molecule has 1 fully saturated rings. The second kappa shape index (κ2) is 3.52. The summed E-state index contributed by atoms with van der Waals surface area (Å²) in [6, 6.07) is 4.01. The Kier molecular flexibility index (Phi) is 2.42. The van der Waals surface area contributed by atoms with Crippen LogP contribution < -0.4 is 5.73 Å². The third-order valence-corrected chi connectivity index (χ3v) is 3.38. The third-order valence-electron chi connectivity index (χ3n) is 3.38. The van der Waals surface area contributed by atoms with Crippen molar-refractivity contribution in [1.29, 1.82) is 0 Å². The van der Waals surface area contributed by atoms with E-state index in [2.05, 4.69) is 0 Å². The molecule has 2 N–H and O–H groups in total. The standard InChI is InChI=1S/C11H13FN2O2/c1-7(13)11(4-5-11)8-2-3-10(14(15)16)9(12)6-8/h2-3,6-7H,4-5,13H2,1H3. The Balaban J connectivity index is 2.39. The van der Waals surface area contributed by atoms with Gasteiger partial charge < -0.3 is 5.73 Å². The van der Waals surface area contributed by atoms with Gasteiger partial charge >= 0.3 is 5.69 Å². The highest BCUT2D eigenvalue weighted by Gasteiger charge is 2.47. The zero-order valence-corrected chi connectivity index (χ0v) is 8.94. The van der Waals surface area contributed by atoms with Crippen molar-refractivity contribution in [3.05, 3.63) is 39.7 Å². The second-order valence-corrected chi connectivity index (χ2v) is 4.37. The highest BCUT2D eigenvalue weighted by Crippen LogP contribution is 2.50. The minimum atomic E-state index is -0.783. The van der Waals surface area contributed by atoms with Gasteiger partial charge in [-0.05, 0) is 31.4 Å².